The number of hydrogen-bond acceptors (Lipinski definition) is 6. The first-order valence-electron chi connectivity index (χ1n) is 5.47. The number of ether oxygens (including phenoxy) is 3. The van der Waals surface area contributed by atoms with E-state index in [-0.39, 0.29) is 6.61 Å². The summed E-state index contributed by atoms with van der Waals surface area (Å²) in [5.41, 5.74) is -0.458. The molecule has 100 valence electrons. The van der Waals surface area contributed by atoms with Crippen LogP contribution >= 0.6 is 11.3 Å². The van der Waals surface area contributed by atoms with Gasteiger partial charge in [-0.25, -0.2) is 4.79 Å². The summed E-state index contributed by atoms with van der Waals surface area (Å²) in [7, 11) is 0. The Kier molecular flexibility index (Phi) is 4.72. The second-order valence-electron chi connectivity index (χ2n) is 4.41. The van der Waals surface area contributed by atoms with E-state index in [4.69, 9.17) is 14.2 Å². The maximum atomic E-state index is 11.7. The summed E-state index contributed by atoms with van der Waals surface area (Å²) >= 11 is 1.02. The summed E-state index contributed by atoms with van der Waals surface area (Å²) in [6.07, 6.45) is 0. The molecule has 0 aliphatic heterocycles. The van der Waals surface area contributed by atoms with Crippen LogP contribution in [0.5, 0.6) is 10.8 Å². The average Bonchev–Trinajstić information content (AvgIpc) is 2.59. The van der Waals surface area contributed by atoms with Crippen molar-refractivity contribution in [3.05, 3.63) is 10.9 Å². The van der Waals surface area contributed by atoms with E-state index in [9.17, 15) is 9.59 Å². The smallest absolute Gasteiger partial charge is 0.352 e. The zero-order valence-electron chi connectivity index (χ0n) is 10.8. The second kappa shape index (κ2) is 5.86. The molecular weight excluding hydrogens is 256 g/mol. The molecule has 1 aromatic heterocycles. The molecule has 0 N–H and O–H groups in total. The molecule has 1 heterocycles. The van der Waals surface area contributed by atoms with Gasteiger partial charge in [-0.05, 0) is 27.7 Å². The van der Waals surface area contributed by atoms with Crippen molar-refractivity contribution in [1.82, 2.24) is 0 Å². The molecule has 0 saturated heterocycles. The van der Waals surface area contributed by atoms with E-state index in [1.54, 1.807) is 6.92 Å². The lowest BCUT2D eigenvalue weighted by molar-refractivity contribution is -0.120. The monoisotopic (exact) mass is 272 g/mol. The standard InChI is InChI=1S/C12H16O5S/c1-5-15-11(14)10-8(17-12(2,3)4)6-9(18-10)16-7-13/h6-7H,5H2,1-4H3. The SMILES string of the molecule is CCOC(=O)c1sc(OC=O)cc1OC(C)(C)C. The molecule has 0 bridgehead atoms. The van der Waals surface area contributed by atoms with Crippen LogP contribution in [0.3, 0.4) is 0 Å². The van der Waals surface area contributed by atoms with Crippen molar-refractivity contribution in [3.63, 3.8) is 0 Å². The Morgan fingerprint density at radius 1 is 1.44 bits per heavy atom. The van der Waals surface area contributed by atoms with Crippen LogP contribution in [0.2, 0.25) is 0 Å². The molecule has 0 spiro atoms. The normalized spacial score (nSPS) is 10.9. The molecule has 18 heavy (non-hydrogen) atoms. The van der Waals surface area contributed by atoms with E-state index in [0.717, 1.165) is 11.3 Å². The van der Waals surface area contributed by atoms with Gasteiger partial charge in [-0.2, -0.15) is 0 Å². The van der Waals surface area contributed by atoms with Gasteiger partial charge in [0, 0.05) is 6.07 Å². The fourth-order valence-corrected chi connectivity index (χ4v) is 2.00. The van der Waals surface area contributed by atoms with Crippen LogP contribution in [0, 0.1) is 0 Å². The highest BCUT2D eigenvalue weighted by Crippen LogP contribution is 2.37. The molecule has 5 nitrogen and oxygen atoms in total. The average molecular weight is 272 g/mol. The Morgan fingerprint density at radius 2 is 2.11 bits per heavy atom. The Morgan fingerprint density at radius 3 is 2.61 bits per heavy atom. The van der Waals surface area contributed by atoms with Gasteiger partial charge in [-0.15, -0.1) is 0 Å². The highest BCUT2D eigenvalue weighted by atomic mass is 32.1. The molecule has 1 rings (SSSR count). The molecule has 0 radical (unpaired) electrons. The maximum absolute atomic E-state index is 11.7. The highest BCUT2D eigenvalue weighted by Gasteiger charge is 2.23. The van der Waals surface area contributed by atoms with Crippen LogP contribution < -0.4 is 9.47 Å². The predicted molar refractivity (Wildman–Crippen MR) is 67.3 cm³/mol. The van der Waals surface area contributed by atoms with Crippen LogP contribution in [0.25, 0.3) is 0 Å². The number of hydrogen-bond donors (Lipinski definition) is 0. The lowest BCUT2D eigenvalue weighted by Crippen LogP contribution is -2.23. The first kappa shape index (κ1) is 14.5. The summed E-state index contributed by atoms with van der Waals surface area (Å²) in [5.74, 6) is -0.120. The van der Waals surface area contributed by atoms with Crippen LogP contribution in [0.1, 0.15) is 37.4 Å². The Labute approximate surface area is 110 Å². The zero-order chi connectivity index (χ0) is 13.8. The van der Waals surface area contributed by atoms with Crippen molar-refractivity contribution >= 4 is 23.8 Å². The molecular formula is C12H16O5S. The summed E-state index contributed by atoms with van der Waals surface area (Å²) < 4.78 is 15.3. The molecule has 0 atom stereocenters. The van der Waals surface area contributed by atoms with Crippen LogP contribution in [-0.4, -0.2) is 24.6 Å². The van der Waals surface area contributed by atoms with E-state index < -0.39 is 11.6 Å². The first-order chi connectivity index (χ1) is 8.37. The molecule has 0 fully saturated rings. The number of carbonyl (C=O) groups is 2. The molecule has 0 aliphatic carbocycles. The predicted octanol–water partition coefficient (Wildman–Crippen LogP) is 2.64. The van der Waals surface area contributed by atoms with E-state index in [1.165, 1.54) is 6.07 Å². The lowest BCUT2D eigenvalue weighted by Gasteiger charge is -2.20. The first-order valence-corrected chi connectivity index (χ1v) is 6.29. The molecule has 0 amide bonds. The number of thiophene rings is 1. The van der Waals surface area contributed by atoms with E-state index in [2.05, 4.69) is 0 Å². The molecule has 0 aliphatic rings. The summed E-state index contributed by atoms with van der Waals surface area (Å²) in [4.78, 5) is 22.3. The van der Waals surface area contributed by atoms with Crippen molar-refractivity contribution in [2.45, 2.75) is 33.3 Å². The summed E-state index contributed by atoms with van der Waals surface area (Å²) in [5, 5.41) is 0.298. The Balaban J connectivity index is 3.04. The van der Waals surface area contributed by atoms with E-state index >= 15 is 0 Å². The van der Waals surface area contributed by atoms with Crippen molar-refractivity contribution in [3.8, 4) is 10.8 Å². The summed E-state index contributed by atoms with van der Waals surface area (Å²) in [6.45, 7) is 7.88. The van der Waals surface area contributed by atoms with Gasteiger partial charge in [0.05, 0.1) is 6.61 Å². The van der Waals surface area contributed by atoms with Crippen LogP contribution in [0.15, 0.2) is 6.07 Å². The summed E-state index contributed by atoms with van der Waals surface area (Å²) in [6, 6.07) is 1.51. The minimum Gasteiger partial charge on any atom is -0.486 e. The fourth-order valence-electron chi connectivity index (χ4n) is 1.20. The Bertz CT molecular complexity index is 430. The molecule has 0 aromatic carbocycles. The van der Waals surface area contributed by atoms with Gasteiger partial charge in [0.15, 0.2) is 9.94 Å². The maximum Gasteiger partial charge on any atom is 0.352 e. The third-order valence-electron chi connectivity index (χ3n) is 1.72. The zero-order valence-corrected chi connectivity index (χ0v) is 11.6. The van der Waals surface area contributed by atoms with E-state index in [0.29, 0.717) is 22.2 Å². The minimum atomic E-state index is -0.484. The molecule has 0 saturated carbocycles. The molecule has 6 heteroatoms. The van der Waals surface area contributed by atoms with Crippen LogP contribution in [-0.2, 0) is 9.53 Å². The van der Waals surface area contributed by atoms with Gasteiger partial charge in [0.2, 0.25) is 0 Å². The number of esters is 1. The van der Waals surface area contributed by atoms with Crippen molar-refractivity contribution < 1.29 is 23.8 Å². The third-order valence-corrected chi connectivity index (χ3v) is 2.70. The van der Waals surface area contributed by atoms with Gasteiger partial charge in [0.1, 0.15) is 11.4 Å². The van der Waals surface area contributed by atoms with Crippen molar-refractivity contribution in [2.75, 3.05) is 6.61 Å². The van der Waals surface area contributed by atoms with Crippen molar-refractivity contribution in [2.24, 2.45) is 0 Å². The highest BCUT2D eigenvalue weighted by molar-refractivity contribution is 7.16. The fraction of sp³-hybridized carbons (Fsp3) is 0.500. The van der Waals surface area contributed by atoms with Gasteiger partial charge < -0.3 is 14.2 Å². The topological polar surface area (TPSA) is 61.8 Å². The number of carbonyl (C=O) groups excluding carboxylic acids is 2. The van der Waals surface area contributed by atoms with Gasteiger partial charge in [-0.1, -0.05) is 11.3 Å². The molecule has 0 unspecified atom stereocenters. The van der Waals surface area contributed by atoms with E-state index in [1.807, 2.05) is 20.8 Å². The Hall–Kier alpha value is -1.56. The number of rotatable bonds is 5. The quantitative estimate of drug-likeness (QED) is 0.609. The third kappa shape index (κ3) is 4.03. The van der Waals surface area contributed by atoms with Crippen LogP contribution in [0.4, 0.5) is 0 Å². The largest absolute Gasteiger partial charge is 0.486 e. The molecule has 1 aromatic rings. The van der Waals surface area contributed by atoms with Gasteiger partial charge in [0.25, 0.3) is 6.47 Å². The minimum absolute atomic E-state index is 0.273. The second-order valence-corrected chi connectivity index (χ2v) is 5.42. The van der Waals surface area contributed by atoms with Gasteiger partial charge in [-0.3, -0.25) is 4.79 Å². The van der Waals surface area contributed by atoms with Gasteiger partial charge >= 0.3 is 5.97 Å². The van der Waals surface area contributed by atoms with Crippen molar-refractivity contribution in [1.29, 1.82) is 0 Å². The lowest BCUT2D eigenvalue weighted by atomic mass is 10.2.